The number of aliphatic hydroxyl groups excluding tert-OH is 1. The van der Waals surface area contributed by atoms with Gasteiger partial charge in [0, 0.05) is 62.5 Å². The summed E-state index contributed by atoms with van der Waals surface area (Å²) in [4.78, 5) is 18.4. The summed E-state index contributed by atoms with van der Waals surface area (Å²) in [6.07, 6.45) is 9.40. The SMILES string of the molecule is O=c1c(CN2CCO[C@H](CO)C2)ccc2n1C[C@H]1C[C@@H]2CN(C2CCCCCC2)C1. The number of aliphatic hydroxyl groups is 1. The van der Waals surface area contributed by atoms with Gasteiger partial charge in [-0.1, -0.05) is 31.7 Å². The van der Waals surface area contributed by atoms with Crippen molar-refractivity contribution < 1.29 is 9.84 Å². The van der Waals surface area contributed by atoms with Gasteiger partial charge in [0.2, 0.25) is 0 Å². The van der Waals surface area contributed by atoms with E-state index in [1.54, 1.807) is 0 Å². The molecule has 5 rings (SSSR count). The highest BCUT2D eigenvalue weighted by molar-refractivity contribution is 5.22. The van der Waals surface area contributed by atoms with Crippen LogP contribution in [0.1, 0.15) is 62.1 Å². The van der Waals surface area contributed by atoms with Gasteiger partial charge in [0.1, 0.15) is 0 Å². The lowest BCUT2D eigenvalue weighted by molar-refractivity contribution is -0.0552. The zero-order valence-corrected chi connectivity index (χ0v) is 18.2. The molecule has 30 heavy (non-hydrogen) atoms. The van der Waals surface area contributed by atoms with Crippen LogP contribution in [-0.2, 0) is 17.8 Å². The van der Waals surface area contributed by atoms with Crippen LogP contribution < -0.4 is 5.56 Å². The number of nitrogens with zero attached hydrogens (tertiary/aromatic N) is 3. The van der Waals surface area contributed by atoms with Crippen molar-refractivity contribution in [2.45, 2.75) is 76.1 Å². The first-order chi connectivity index (χ1) is 14.7. The van der Waals surface area contributed by atoms with Crippen molar-refractivity contribution in [2.75, 3.05) is 39.4 Å². The molecule has 1 aromatic rings. The molecule has 0 radical (unpaired) electrons. The van der Waals surface area contributed by atoms with E-state index in [9.17, 15) is 9.90 Å². The second kappa shape index (κ2) is 9.11. The summed E-state index contributed by atoms with van der Waals surface area (Å²) in [6, 6.07) is 5.07. The summed E-state index contributed by atoms with van der Waals surface area (Å²) < 4.78 is 7.65. The van der Waals surface area contributed by atoms with Gasteiger partial charge in [0.05, 0.1) is 19.3 Å². The normalized spacial score (nSPS) is 31.3. The summed E-state index contributed by atoms with van der Waals surface area (Å²) in [5, 5.41) is 9.39. The van der Waals surface area contributed by atoms with Gasteiger partial charge in [-0.3, -0.25) is 14.6 Å². The van der Waals surface area contributed by atoms with Crippen LogP contribution in [-0.4, -0.2) is 71.0 Å². The maximum atomic E-state index is 13.3. The number of pyridine rings is 1. The van der Waals surface area contributed by atoms with Crippen LogP contribution in [0.25, 0.3) is 0 Å². The summed E-state index contributed by atoms with van der Waals surface area (Å²) >= 11 is 0. The minimum Gasteiger partial charge on any atom is -0.394 e. The fourth-order valence-electron chi connectivity index (χ4n) is 6.34. The maximum Gasteiger partial charge on any atom is 0.255 e. The molecule has 0 aromatic carbocycles. The van der Waals surface area contributed by atoms with Crippen LogP contribution in [0.2, 0.25) is 0 Å². The first-order valence-corrected chi connectivity index (χ1v) is 12.1. The van der Waals surface area contributed by atoms with E-state index < -0.39 is 0 Å². The van der Waals surface area contributed by atoms with Crippen molar-refractivity contribution in [3.8, 4) is 0 Å². The molecule has 1 aliphatic carbocycles. The average Bonchev–Trinajstić information content (AvgIpc) is 3.06. The molecule has 2 bridgehead atoms. The molecule has 1 aromatic heterocycles. The summed E-state index contributed by atoms with van der Waals surface area (Å²) in [5.74, 6) is 1.11. The first-order valence-electron chi connectivity index (χ1n) is 12.1. The van der Waals surface area contributed by atoms with Gasteiger partial charge in [-0.25, -0.2) is 0 Å². The van der Waals surface area contributed by atoms with E-state index in [4.69, 9.17) is 4.74 Å². The molecule has 0 unspecified atom stereocenters. The van der Waals surface area contributed by atoms with Gasteiger partial charge >= 0.3 is 0 Å². The number of morpholine rings is 1. The number of aromatic nitrogens is 1. The zero-order valence-electron chi connectivity index (χ0n) is 18.2. The van der Waals surface area contributed by atoms with Crippen LogP contribution in [0.4, 0.5) is 0 Å². The third-order valence-electron chi connectivity index (χ3n) is 7.87. The number of ether oxygens (including phenoxy) is 1. The molecule has 0 amide bonds. The smallest absolute Gasteiger partial charge is 0.255 e. The Balaban J connectivity index is 1.31. The Morgan fingerprint density at radius 3 is 2.67 bits per heavy atom. The van der Waals surface area contributed by atoms with Gasteiger partial charge in [0.15, 0.2) is 0 Å². The molecule has 6 heteroatoms. The van der Waals surface area contributed by atoms with Crippen LogP contribution in [0.5, 0.6) is 0 Å². The third-order valence-corrected chi connectivity index (χ3v) is 7.87. The third kappa shape index (κ3) is 4.24. The number of hydrogen-bond donors (Lipinski definition) is 1. The Morgan fingerprint density at radius 1 is 1.03 bits per heavy atom. The van der Waals surface area contributed by atoms with Crippen molar-refractivity contribution in [3.05, 3.63) is 33.7 Å². The number of hydrogen-bond acceptors (Lipinski definition) is 5. The summed E-state index contributed by atoms with van der Waals surface area (Å²) in [5.41, 5.74) is 2.35. The molecule has 3 fully saturated rings. The van der Waals surface area contributed by atoms with Crippen molar-refractivity contribution in [3.63, 3.8) is 0 Å². The van der Waals surface area contributed by atoms with E-state index in [0.29, 0.717) is 31.5 Å². The molecule has 3 aliphatic heterocycles. The number of fused-ring (bicyclic) bond motifs is 4. The van der Waals surface area contributed by atoms with Crippen LogP contribution in [0.15, 0.2) is 16.9 Å². The minimum absolute atomic E-state index is 0.0422. The number of piperidine rings is 1. The number of rotatable bonds is 4. The van der Waals surface area contributed by atoms with Gasteiger partial charge in [-0.05, 0) is 31.2 Å². The molecule has 0 spiro atoms. The second-order valence-corrected chi connectivity index (χ2v) is 10.0. The van der Waals surface area contributed by atoms with Crippen molar-refractivity contribution in [1.29, 1.82) is 0 Å². The predicted molar refractivity (Wildman–Crippen MR) is 117 cm³/mol. The van der Waals surface area contributed by atoms with Crippen molar-refractivity contribution in [1.82, 2.24) is 14.4 Å². The molecule has 1 saturated carbocycles. The Morgan fingerprint density at radius 2 is 1.87 bits per heavy atom. The molecule has 4 heterocycles. The highest BCUT2D eigenvalue weighted by atomic mass is 16.5. The lowest BCUT2D eigenvalue weighted by Gasteiger charge is -2.46. The van der Waals surface area contributed by atoms with Crippen molar-refractivity contribution in [2.24, 2.45) is 5.92 Å². The van der Waals surface area contributed by atoms with Crippen LogP contribution in [0.3, 0.4) is 0 Å². The lowest BCUT2D eigenvalue weighted by Crippen LogP contribution is -2.51. The molecule has 4 aliphatic rings. The van der Waals surface area contributed by atoms with E-state index in [1.807, 2.05) is 0 Å². The Labute approximate surface area is 179 Å². The molecule has 1 N–H and O–H groups in total. The van der Waals surface area contributed by atoms with Gasteiger partial charge < -0.3 is 14.4 Å². The maximum absolute atomic E-state index is 13.3. The fourth-order valence-corrected chi connectivity index (χ4v) is 6.34. The highest BCUT2D eigenvalue weighted by Crippen LogP contribution is 2.37. The standard InChI is InChI=1S/C24H37N3O3/c28-17-22-16-25(9-10-30-22)14-19-7-8-23-20-11-18(13-27(23)24(19)29)12-26(15-20)21-5-3-1-2-4-6-21/h7-8,18,20-22,28H,1-6,9-17H2/t18-,20+,22-/m0/s1. The van der Waals surface area contributed by atoms with Gasteiger partial charge in [-0.15, -0.1) is 0 Å². The molecular formula is C24H37N3O3. The molecule has 6 nitrogen and oxygen atoms in total. The van der Waals surface area contributed by atoms with E-state index in [-0.39, 0.29) is 18.3 Å². The first kappa shape index (κ1) is 20.7. The zero-order chi connectivity index (χ0) is 20.5. The predicted octanol–water partition coefficient (Wildman–Crippen LogP) is 2.18. The average molecular weight is 416 g/mol. The van der Waals surface area contributed by atoms with E-state index >= 15 is 0 Å². The topological polar surface area (TPSA) is 57.9 Å². The Hall–Kier alpha value is -1.21. The van der Waals surface area contributed by atoms with Crippen molar-refractivity contribution >= 4 is 0 Å². The van der Waals surface area contributed by atoms with E-state index in [2.05, 4.69) is 26.5 Å². The largest absolute Gasteiger partial charge is 0.394 e. The number of likely N-dealkylation sites (tertiary alicyclic amines) is 1. The molecular weight excluding hydrogens is 378 g/mol. The summed E-state index contributed by atoms with van der Waals surface area (Å²) in [7, 11) is 0. The van der Waals surface area contributed by atoms with E-state index in [0.717, 1.165) is 31.2 Å². The molecule has 3 atom stereocenters. The fraction of sp³-hybridized carbons (Fsp3) is 0.792. The molecule has 166 valence electrons. The lowest BCUT2D eigenvalue weighted by atomic mass is 9.82. The van der Waals surface area contributed by atoms with Gasteiger partial charge in [-0.2, -0.15) is 0 Å². The highest BCUT2D eigenvalue weighted by Gasteiger charge is 2.37. The Kier molecular flexibility index (Phi) is 6.28. The quantitative estimate of drug-likeness (QED) is 0.764. The molecule has 2 saturated heterocycles. The van der Waals surface area contributed by atoms with Crippen LogP contribution >= 0.6 is 0 Å². The summed E-state index contributed by atoms with van der Waals surface area (Å²) in [6.45, 7) is 6.00. The monoisotopic (exact) mass is 415 g/mol. The second-order valence-electron chi connectivity index (χ2n) is 10.0. The van der Waals surface area contributed by atoms with E-state index in [1.165, 1.54) is 57.2 Å². The van der Waals surface area contributed by atoms with Crippen LogP contribution in [0, 0.1) is 5.92 Å². The minimum atomic E-state index is -0.131. The Bertz CT molecular complexity index is 786. The van der Waals surface area contributed by atoms with Gasteiger partial charge in [0.25, 0.3) is 5.56 Å².